The highest BCUT2D eigenvalue weighted by molar-refractivity contribution is 6.36. The molecule has 1 heterocycles. The number of aromatic carboxylic acids is 1. The summed E-state index contributed by atoms with van der Waals surface area (Å²) in [4.78, 5) is 15.4. The predicted molar refractivity (Wildman–Crippen MR) is 71.4 cm³/mol. The highest BCUT2D eigenvalue weighted by Gasteiger charge is 2.15. The van der Waals surface area contributed by atoms with Gasteiger partial charge in [-0.05, 0) is 36.8 Å². The maximum Gasteiger partial charge on any atom is 0.337 e. The monoisotopic (exact) mass is 281 g/mol. The van der Waals surface area contributed by atoms with Gasteiger partial charge in [0.2, 0.25) is 0 Å². The van der Waals surface area contributed by atoms with E-state index < -0.39 is 5.97 Å². The first-order chi connectivity index (χ1) is 8.49. The zero-order valence-corrected chi connectivity index (χ0v) is 11.0. The molecule has 0 saturated heterocycles. The summed E-state index contributed by atoms with van der Waals surface area (Å²) >= 11 is 11.9. The van der Waals surface area contributed by atoms with Crippen LogP contribution in [-0.4, -0.2) is 16.1 Å². The Hall–Kier alpha value is -1.58. The third kappa shape index (κ3) is 2.47. The second kappa shape index (κ2) is 4.96. The summed E-state index contributed by atoms with van der Waals surface area (Å²) in [6, 6.07) is 6.44. The molecule has 0 radical (unpaired) electrons. The van der Waals surface area contributed by atoms with Crippen molar-refractivity contribution in [2.24, 2.45) is 0 Å². The largest absolute Gasteiger partial charge is 0.478 e. The molecule has 0 aliphatic heterocycles. The topological polar surface area (TPSA) is 50.2 Å². The second-order valence-corrected chi connectivity index (χ2v) is 4.68. The number of aryl methyl sites for hydroxylation is 1. The molecule has 3 nitrogen and oxygen atoms in total. The lowest BCUT2D eigenvalue weighted by molar-refractivity contribution is 0.0697. The van der Waals surface area contributed by atoms with E-state index in [-0.39, 0.29) is 5.56 Å². The molecule has 0 amide bonds. The Morgan fingerprint density at radius 2 is 2.00 bits per heavy atom. The minimum Gasteiger partial charge on any atom is -0.478 e. The van der Waals surface area contributed by atoms with Crippen molar-refractivity contribution in [2.45, 2.75) is 6.92 Å². The lowest BCUT2D eigenvalue weighted by Crippen LogP contribution is -2.02. The molecule has 0 bridgehead atoms. The van der Waals surface area contributed by atoms with Gasteiger partial charge in [0.05, 0.1) is 16.3 Å². The highest BCUT2D eigenvalue weighted by Crippen LogP contribution is 2.31. The molecule has 1 N–H and O–H groups in total. The molecular weight excluding hydrogens is 273 g/mol. The van der Waals surface area contributed by atoms with E-state index in [1.807, 2.05) is 0 Å². The number of hydrogen-bond donors (Lipinski definition) is 1. The summed E-state index contributed by atoms with van der Waals surface area (Å²) in [6.07, 6.45) is 1.60. The number of pyridine rings is 1. The number of carboxylic acid groups (broad SMARTS) is 1. The Labute approximate surface area is 114 Å². The van der Waals surface area contributed by atoms with Gasteiger partial charge in [0.1, 0.15) is 0 Å². The molecule has 0 saturated carbocycles. The smallest absolute Gasteiger partial charge is 0.337 e. The summed E-state index contributed by atoms with van der Waals surface area (Å²) in [6.45, 7) is 1.78. The molecule has 92 valence electrons. The van der Waals surface area contributed by atoms with Crippen molar-refractivity contribution in [2.75, 3.05) is 0 Å². The molecule has 0 atom stereocenters. The van der Waals surface area contributed by atoms with Crippen molar-refractivity contribution in [1.82, 2.24) is 4.98 Å². The van der Waals surface area contributed by atoms with Crippen molar-refractivity contribution < 1.29 is 9.90 Å². The Bertz CT molecular complexity index is 626. The van der Waals surface area contributed by atoms with E-state index >= 15 is 0 Å². The first-order valence-corrected chi connectivity index (χ1v) is 5.90. The van der Waals surface area contributed by atoms with Crippen LogP contribution in [-0.2, 0) is 0 Å². The third-order valence-corrected chi connectivity index (χ3v) is 2.99. The van der Waals surface area contributed by atoms with E-state index in [1.165, 1.54) is 0 Å². The van der Waals surface area contributed by atoms with Crippen molar-refractivity contribution in [3.63, 3.8) is 0 Å². The quantitative estimate of drug-likeness (QED) is 0.903. The summed E-state index contributed by atoms with van der Waals surface area (Å²) in [7, 11) is 0. The molecule has 1 aromatic heterocycles. The molecule has 0 spiro atoms. The Kier molecular flexibility index (Phi) is 3.55. The molecule has 18 heavy (non-hydrogen) atoms. The Morgan fingerprint density at radius 1 is 1.28 bits per heavy atom. The Balaban J connectivity index is 2.67. The fourth-order valence-corrected chi connectivity index (χ4v) is 2.13. The van der Waals surface area contributed by atoms with Gasteiger partial charge >= 0.3 is 5.97 Å². The van der Waals surface area contributed by atoms with Crippen LogP contribution in [0.15, 0.2) is 30.5 Å². The van der Waals surface area contributed by atoms with E-state index in [1.54, 1.807) is 37.4 Å². The zero-order valence-electron chi connectivity index (χ0n) is 9.45. The average molecular weight is 282 g/mol. The zero-order chi connectivity index (χ0) is 13.3. The van der Waals surface area contributed by atoms with Gasteiger partial charge in [-0.25, -0.2) is 4.79 Å². The van der Waals surface area contributed by atoms with Crippen LogP contribution in [0.2, 0.25) is 10.0 Å². The molecule has 5 heteroatoms. The van der Waals surface area contributed by atoms with Crippen molar-refractivity contribution in [3.8, 4) is 11.3 Å². The van der Waals surface area contributed by atoms with E-state index in [4.69, 9.17) is 23.2 Å². The van der Waals surface area contributed by atoms with Crippen LogP contribution in [0.1, 0.15) is 15.9 Å². The van der Waals surface area contributed by atoms with Gasteiger partial charge < -0.3 is 5.11 Å². The van der Waals surface area contributed by atoms with Crippen molar-refractivity contribution >= 4 is 29.2 Å². The second-order valence-electron chi connectivity index (χ2n) is 3.84. The lowest BCUT2D eigenvalue weighted by Gasteiger charge is -2.08. The maximum atomic E-state index is 11.2. The highest BCUT2D eigenvalue weighted by atomic mass is 35.5. The van der Waals surface area contributed by atoms with Gasteiger partial charge in [-0.1, -0.05) is 23.2 Å². The molecule has 0 unspecified atom stereocenters. The molecule has 0 aliphatic rings. The summed E-state index contributed by atoms with van der Waals surface area (Å²) < 4.78 is 0. The van der Waals surface area contributed by atoms with Crippen molar-refractivity contribution in [3.05, 3.63) is 51.6 Å². The molecule has 2 aromatic rings. The molecule has 2 rings (SSSR count). The first kappa shape index (κ1) is 12.9. The van der Waals surface area contributed by atoms with Crippen LogP contribution < -0.4 is 0 Å². The van der Waals surface area contributed by atoms with E-state index in [0.717, 1.165) is 5.56 Å². The van der Waals surface area contributed by atoms with Crippen LogP contribution >= 0.6 is 23.2 Å². The summed E-state index contributed by atoms with van der Waals surface area (Å²) in [5.41, 5.74) is 1.80. The fraction of sp³-hybridized carbons (Fsp3) is 0.0769. The number of rotatable bonds is 2. The van der Waals surface area contributed by atoms with Crippen LogP contribution in [0, 0.1) is 6.92 Å². The number of carbonyl (C=O) groups is 1. The third-order valence-electron chi connectivity index (χ3n) is 2.44. The normalized spacial score (nSPS) is 10.4. The van der Waals surface area contributed by atoms with Crippen LogP contribution in [0.5, 0.6) is 0 Å². The molecule has 1 aromatic carbocycles. The lowest BCUT2D eigenvalue weighted by atomic mass is 10.0. The average Bonchev–Trinajstić information content (AvgIpc) is 2.29. The number of benzene rings is 1. The van der Waals surface area contributed by atoms with Gasteiger partial charge in [-0.15, -0.1) is 0 Å². The van der Waals surface area contributed by atoms with E-state index in [0.29, 0.717) is 21.3 Å². The van der Waals surface area contributed by atoms with Gasteiger partial charge in [0, 0.05) is 16.8 Å². The summed E-state index contributed by atoms with van der Waals surface area (Å²) in [5, 5.41) is 10.1. The van der Waals surface area contributed by atoms with Gasteiger partial charge in [0.25, 0.3) is 0 Å². The summed E-state index contributed by atoms with van der Waals surface area (Å²) in [5.74, 6) is -1.03. The molecular formula is C13H9Cl2NO2. The first-order valence-electron chi connectivity index (χ1n) is 5.14. The van der Waals surface area contributed by atoms with Crippen molar-refractivity contribution in [1.29, 1.82) is 0 Å². The number of nitrogens with zero attached hydrogens (tertiary/aromatic N) is 1. The van der Waals surface area contributed by atoms with Gasteiger partial charge in [-0.3, -0.25) is 4.98 Å². The maximum absolute atomic E-state index is 11.2. The minimum absolute atomic E-state index is 0.124. The molecule has 0 aliphatic carbocycles. The van der Waals surface area contributed by atoms with Crippen LogP contribution in [0.3, 0.4) is 0 Å². The Morgan fingerprint density at radius 3 is 2.61 bits per heavy atom. The van der Waals surface area contributed by atoms with Gasteiger partial charge in [0.15, 0.2) is 0 Å². The number of aromatic nitrogens is 1. The van der Waals surface area contributed by atoms with Crippen LogP contribution in [0.25, 0.3) is 11.3 Å². The molecule has 0 fully saturated rings. The predicted octanol–water partition coefficient (Wildman–Crippen LogP) is 4.06. The number of hydrogen-bond acceptors (Lipinski definition) is 2. The standard InChI is InChI=1S/C13H9Cl2NO2/c1-7-4-10(13(17)18)12(16-6-7)9-3-2-8(14)5-11(9)15/h2-6H,1H3,(H,17,18). The van der Waals surface area contributed by atoms with E-state index in [2.05, 4.69) is 4.98 Å². The SMILES string of the molecule is Cc1cnc(-c2ccc(Cl)cc2Cl)c(C(=O)O)c1. The van der Waals surface area contributed by atoms with Gasteiger partial charge in [-0.2, -0.15) is 0 Å². The number of halogens is 2. The fourth-order valence-electron chi connectivity index (χ4n) is 1.63. The number of carboxylic acids is 1. The van der Waals surface area contributed by atoms with Crippen LogP contribution in [0.4, 0.5) is 0 Å². The van der Waals surface area contributed by atoms with E-state index in [9.17, 15) is 9.90 Å². The minimum atomic E-state index is -1.03.